The maximum absolute atomic E-state index is 12.2. The molecule has 0 unspecified atom stereocenters. The van der Waals surface area contributed by atoms with E-state index in [1.54, 1.807) is 0 Å². The Labute approximate surface area is 102 Å². The van der Waals surface area contributed by atoms with Gasteiger partial charge in [-0.2, -0.15) is 0 Å². The average Bonchev–Trinajstić information content (AvgIpc) is 2.62. The third-order valence-corrected chi connectivity index (χ3v) is 7.71. The number of sulfonamides is 1. The summed E-state index contributed by atoms with van der Waals surface area (Å²) in [5.74, 6) is 0.438. The van der Waals surface area contributed by atoms with Crippen LogP contribution in [-0.4, -0.2) is 30.4 Å². The van der Waals surface area contributed by atoms with Crippen molar-refractivity contribution in [2.75, 3.05) is 5.75 Å². The van der Waals surface area contributed by atoms with Crippen molar-refractivity contribution in [2.45, 2.75) is 46.1 Å². The van der Waals surface area contributed by atoms with Crippen molar-refractivity contribution in [3.8, 4) is 0 Å². The van der Waals surface area contributed by atoms with Crippen LogP contribution in [0.25, 0.3) is 0 Å². The molecule has 0 aromatic carbocycles. The third kappa shape index (κ3) is 1.09. The summed E-state index contributed by atoms with van der Waals surface area (Å²) < 4.78 is 25.6. The molecule has 2 aliphatic carbocycles. The normalized spacial score (nSPS) is 45.0. The van der Waals surface area contributed by atoms with Gasteiger partial charge in [0.25, 0.3) is 0 Å². The minimum Gasteiger partial charge on any atom is -0.274 e. The lowest BCUT2D eigenvalue weighted by Gasteiger charge is -2.36. The first-order chi connectivity index (χ1) is 7.72. The standard InChI is InChI=1S/C12H19NO3S/c1-8(14)13-10-6-9-4-5-12(10,11(9,2)3)7-17(13,15)16/h9-10H,4-7H2,1-3H3/t9-,10+,12+/m0/s1. The molecule has 1 aliphatic heterocycles. The molecule has 0 N–H and O–H groups in total. The van der Waals surface area contributed by atoms with Crippen LogP contribution in [0.5, 0.6) is 0 Å². The Kier molecular flexibility index (Phi) is 1.94. The predicted octanol–water partition coefficient (Wildman–Crippen LogP) is 1.37. The Bertz CT molecular complexity index is 496. The molecule has 0 aromatic heterocycles. The first-order valence-electron chi connectivity index (χ1n) is 6.25. The summed E-state index contributed by atoms with van der Waals surface area (Å²) in [6.45, 7) is 5.74. The van der Waals surface area contributed by atoms with E-state index in [-0.39, 0.29) is 28.5 Å². The smallest absolute Gasteiger partial charge is 0.238 e. The average molecular weight is 257 g/mol. The van der Waals surface area contributed by atoms with E-state index in [1.807, 2.05) is 0 Å². The quantitative estimate of drug-likeness (QED) is 0.658. The van der Waals surface area contributed by atoms with Crippen molar-refractivity contribution in [3.63, 3.8) is 0 Å². The highest BCUT2D eigenvalue weighted by molar-refractivity contribution is 7.90. The fourth-order valence-corrected chi connectivity index (χ4v) is 7.27. The van der Waals surface area contributed by atoms with Crippen molar-refractivity contribution >= 4 is 15.9 Å². The molecule has 3 aliphatic rings. The van der Waals surface area contributed by atoms with Crippen LogP contribution in [-0.2, 0) is 14.8 Å². The van der Waals surface area contributed by atoms with Gasteiger partial charge >= 0.3 is 0 Å². The lowest BCUT2D eigenvalue weighted by molar-refractivity contribution is -0.126. The highest BCUT2D eigenvalue weighted by atomic mass is 32.2. The maximum atomic E-state index is 12.2. The summed E-state index contributed by atoms with van der Waals surface area (Å²) in [5, 5.41) is 0. The molecule has 0 aromatic rings. The van der Waals surface area contributed by atoms with Gasteiger partial charge in [0, 0.05) is 12.3 Å². The molecule has 0 radical (unpaired) electrons. The molecule has 3 fully saturated rings. The van der Waals surface area contributed by atoms with Gasteiger partial charge in [-0.05, 0) is 30.6 Å². The summed E-state index contributed by atoms with van der Waals surface area (Å²) in [7, 11) is -3.38. The first kappa shape index (κ1) is 11.5. The molecule has 5 heteroatoms. The van der Waals surface area contributed by atoms with Crippen LogP contribution >= 0.6 is 0 Å². The fourth-order valence-electron chi connectivity index (χ4n) is 4.70. The Balaban J connectivity index is 2.15. The second-order valence-corrected chi connectivity index (χ2v) is 8.28. The van der Waals surface area contributed by atoms with Crippen LogP contribution in [0.15, 0.2) is 0 Å². The summed E-state index contributed by atoms with van der Waals surface area (Å²) >= 11 is 0. The van der Waals surface area contributed by atoms with E-state index in [4.69, 9.17) is 0 Å². The monoisotopic (exact) mass is 257 g/mol. The first-order valence-corrected chi connectivity index (χ1v) is 7.86. The Morgan fingerprint density at radius 2 is 2.00 bits per heavy atom. The molecule has 4 nitrogen and oxygen atoms in total. The Morgan fingerprint density at radius 3 is 2.53 bits per heavy atom. The lowest BCUT2D eigenvalue weighted by atomic mass is 9.69. The molecule has 2 saturated carbocycles. The largest absolute Gasteiger partial charge is 0.274 e. The zero-order valence-electron chi connectivity index (χ0n) is 10.6. The van der Waals surface area contributed by atoms with Gasteiger partial charge in [0.2, 0.25) is 15.9 Å². The van der Waals surface area contributed by atoms with Gasteiger partial charge in [0.15, 0.2) is 0 Å². The number of hydrogen-bond acceptors (Lipinski definition) is 3. The summed E-state index contributed by atoms with van der Waals surface area (Å²) in [6, 6.07) is -0.0706. The van der Waals surface area contributed by atoms with Gasteiger partial charge in [-0.15, -0.1) is 0 Å². The molecular formula is C12H19NO3S. The maximum Gasteiger partial charge on any atom is 0.238 e. The van der Waals surface area contributed by atoms with E-state index >= 15 is 0 Å². The van der Waals surface area contributed by atoms with Gasteiger partial charge in [-0.3, -0.25) is 4.79 Å². The van der Waals surface area contributed by atoms with Gasteiger partial charge in [0.1, 0.15) is 0 Å². The Hall–Kier alpha value is -0.580. The van der Waals surface area contributed by atoms with Crippen LogP contribution in [0.2, 0.25) is 0 Å². The highest BCUT2D eigenvalue weighted by Gasteiger charge is 2.71. The number of hydrogen-bond donors (Lipinski definition) is 0. The third-order valence-electron chi connectivity index (χ3n) is 5.72. The molecule has 2 bridgehead atoms. The highest BCUT2D eigenvalue weighted by Crippen LogP contribution is 2.69. The second kappa shape index (κ2) is 2.87. The lowest BCUT2D eigenvalue weighted by Crippen LogP contribution is -2.43. The molecule has 1 heterocycles. The summed E-state index contributed by atoms with van der Waals surface area (Å²) in [5.41, 5.74) is -0.128. The second-order valence-electron chi connectivity index (χ2n) is 6.44. The zero-order valence-corrected chi connectivity index (χ0v) is 11.4. The number of amides is 1. The number of carbonyl (C=O) groups is 1. The van der Waals surface area contributed by atoms with Gasteiger partial charge in [0.05, 0.1) is 11.8 Å². The van der Waals surface area contributed by atoms with Crippen molar-refractivity contribution in [2.24, 2.45) is 16.7 Å². The van der Waals surface area contributed by atoms with Crippen LogP contribution in [0.3, 0.4) is 0 Å². The van der Waals surface area contributed by atoms with Crippen LogP contribution in [0.1, 0.15) is 40.0 Å². The SMILES string of the molecule is CC(=O)N1[C@@H]2C[C@@H]3CC[C@]2(CS1(=O)=O)C3(C)C. The van der Waals surface area contributed by atoms with E-state index in [2.05, 4.69) is 13.8 Å². The number of fused-ring (bicyclic) bond motifs is 1. The minimum absolute atomic E-state index is 0.0505. The summed E-state index contributed by atoms with van der Waals surface area (Å²) in [4.78, 5) is 11.6. The number of carbonyl (C=O) groups excluding carboxylic acids is 1. The molecule has 3 atom stereocenters. The van der Waals surface area contributed by atoms with E-state index < -0.39 is 10.0 Å². The minimum atomic E-state index is -3.38. The zero-order chi connectivity index (χ0) is 12.6. The molecule has 1 spiro atoms. The fraction of sp³-hybridized carbons (Fsp3) is 0.917. The van der Waals surface area contributed by atoms with Crippen molar-refractivity contribution in [3.05, 3.63) is 0 Å². The van der Waals surface area contributed by atoms with Crippen LogP contribution < -0.4 is 0 Å². The van der Waals surface area contributed by atoms with Gasteiger partial charge in [-0.1, -0.05) is 13.8 Å². The molecule has 17 heavy (non-hydrogen) atoms. The molecule has 96 valence electrons. The molecule has 1 amide bonds. The van der Waals surface area contributed by atoms with Gasteiger partial charge in [-0.25, -0.2) is 12.7 Å². The van der Waals surface area contributed by atoms with E-state index in [9.17, 15) is 13.2 Å². The molecular weight excluding hydrogens is 238 g/mol. The van der Waals surface area contributed by atoms with Crippen molar-refractivity contribution in [1.29, 1.82) is 0 Å². The van der Waals surface area contributed by atoms with E-state index in [1.165, 1.54) is 11.2 Å². The van der Waals surface area contributed by atoms with Crippen LogP contribution in [0, 0.1) is 16.7 Å². The Morgan fingerprint density at radius 1 is 1.35 bits per heavy atom. The van der Waals surface area contributed by atoms with Crippen LogP contribution in [0.4, 0.5) is 0 Å². The van der Waals surface area contributed by atoms with E-state index in [0.29, 0.717) is 5.92 Å². The van der Waals surface area contributed by atoms with Crippen molar-refractivity contribution in [1.82, 2.24) is 4.31 Å². The van der Waals surface area contributed by atoms with Gasteiger partial charge < -0.3 is 0 Å². The molecule has 3 rings (SSSR count). The topological polar surface area (TPSA) is 54.5 Å². The number of rotatable bonds is 0. The summed E-state index contributed by atoms with van der Waals surface area (Å²) in [6.07, 6.45) is 2.94. The predicted molar refractivity (Wildman–Crippen MR) is 63.6 cm³/mol. The van der Waals surface area contributed by atoms with Crippen molar-refractivity contribution < 1.29 is 13.2 Å². The molecule has 1 saturated heterocycles. The number of nitrogens with zero attached hydrogens (tertiary/aromatic N) is 1. The van der Waals surface area contributed by atoms with E-state index in [0.717, 1.165) is 19.3 Å².